The maximum Gasteiger partial charge on any atom is 0.193 e. The van der Waals surface area contributed by atoms with Crippen molar-refractivity contribution < 1.29 is 28.2 Å². The number of rotatable bonds is 18. The average molecular weight is 626 g/mol. The van der Waals surface area contributed by atoms with Crippen molar-refractivity contribution in [3.8, 4) is 5.75 Å². The Morgan fingerprint density at radius 2 is 1.72 bits per heavy atom. The summed E-state index contributed by atoms with van der Waals surface area (Å²) in [6, 6.07) is 7.84. The minimum Gasteiger partial charge on any atom is -0.497 e. The summed E-state index contributed by atoms with van der Waals surface area (Å²) in [5.74, 6) is 0.797. The van der Waals surface area contributed by atoms with Crippen molar-refractivity contribution in [1.29, 1.82) is 0 Å². The van der Waals surface area contributed by atoms with Crippen molar-refractivity contribution >= 4 is 30.5 Å². The lowest BCUT2D eigenvalue weighted by atomic mass is 10.0. The Kier molecular flexibility index (Phi) is 16.4. The van der Waals surface area contributed by atoms with E-state index >= 15 is 0 Å². The first-order valence-corrected chi connectivity index (χ1v) is 17.3. The van der Waals surface area contributed by atoms with Crippen molar-refractivity contribution in [3.63, 3.8) is 0 Å². The molecule has 0 radical (unpaired) electrons. The standard InChI is InChI=1S/C31H49BrO6Si/c1-24(12-15-26(34-5)11-10-19-32)21-30(38-39(8,9)31(2,3)4)29(22-28(36-7)18-20-33)37-23-25-13-16-27(35-6)17-14-25/h10,12-17,19-21,26,28-30H,11,18,22-23H2,1-9H3/b15-12+,19-10+,24-21+/t26-,28+,29-,30-/m1/s1. The molecule has 0 N–H and O–H groups in total. The van der Waals surface area contributed by atoms with Crippen LogP contribution in [0.3, 0.4) is 0 Å². The summed E-state index contributed by atoms with van der Waals surface area (Å²) < 4.78 is 30.1. The second kappa shape index (κ2) is 18.0. The molecular formula is C31H49BrO6Si. The topological polar surface area (TPSA) is 63.2 Å². The third-order valence-corrected chi connectivity index (χ3v) is 12.0. The maximum atomic E-state index is 11.4. The molecule has 8 heteroatoms. The number of methoxy groups -OCH3 is 3. The fourth-order valence-electron chi connectivity index (χ4n) is 3.62. The number of hydrogen-bond donors (Lipinski definition) is 0. The van der Waals surface area contributed by atoms with Crippen LogP contribution < -0.4 is 4.74 Å². The van der Waals surface area contributed by atoms with E-state index in [0.29, 0.717) is 19.4 Å². The van der Waals surface area contributed by atoms with Crippen LogP contribution in [0.1, 0.15) is 52.5 Å². The first kappa shape index (κ1) is 35.5. The average Bonchev–Trinajstić information content (AvgIpc) is 2.89. The molecule has 0 aliphatic carbocycles. The first-order valence-electron chi connectivity index (χ1n) is 13.4. The molecule has 0 spiro atoms. The highest BCUT2D eigenvalue weighted by Gasteiger charge is 2.41. The molecule has 0 fully saturated rings. The minimum absolute atomic E-state index is 0.00990. The number of benzene rings is 1. The van der Waals surface area contributed by atoms with Crippen LogP contribution in [0, 0.1) is 0 Å². The van der Waals surface area contributed by atoms with Crippen LogP contribution in [0.5, 0.6) is 5.75 Å². The molecule has 39 heavy (non-hydrogen) atoms. The van der Waals surface area contributed by atoms with Gasteiger partial charge in [-0.3, -0.25) is 0 Å². The summed E-state index contributed by atoms with van der Waals surface area (Å²) in [6.45, 7) is 13.6. The minimum atomic E-state index is -2.18. The van der Waals surface area contributed by atoms with Gasteiger partial charge in [0.25, 0.3) is 0 Å². The highest BCUT2D eigenvalue weighted by Crippen LogP contribution is 2.38. The van der Waals surface area contributed by atoms with Crippen LogP contribution in [-0.4, -0.2) is 60.3 Å². The van der Waals surface area contributed by atoms with Crippen LogP contribution >= 0.6 is 15.9 Å². The van der Waals surface area contributed by atoms with E-state index in [0.717, 1.165) is 29.6 Å². The van der Waals surface area contributed by atoms with Crippen molar-refractivity contribution in [1.82, 2.24) is 0 Å². The van der Waals surface area contributed by atoms with Crippen molar-refractivity contribution in [2.45, 2.75) is 96.1 Å². The van der Waals surface area contributed by atoms with E-state index in [4.69, 9.17) is 23.4 Å². The molecule has 0 aromatic heterocycles. The number of halogens is 1. The van der Waals surface area contributed by atoms with Crippen molar-refractivity contribution in [2.24, 2.45) is 0 Å². The zero-order valence-electron chi connectivity index (χ0n) is 25.2. The highest BCUT2D eigenvalue weighted by molar-refractivity contribution is 9.11. The third-order valence-electron chi connectivity index (χ3n) is 7.18. The van der Waals surface area contributed by atoms with Gasteiger partial charge in [-0.2, -0.15) is 0 Å². The molecule has 1 aromatic rings. The molecule has 1 aromatic carbocycles. The Hall–Kier alpha value is -1.55. The molecule has 0 unspecified atom stereocenters. The predicted molar refractivity (Wildman–Crippen MR) is 166 cm³/mol. The van der Waals surface area contributed by atoms with Crippen molar-refractivity contribution in [3.05, 3.63) is 64.7 Å². The molecule has 6 nitrogen and oxygen atoms in total. The molecule has 0 bridgehead atoms. The fourth-order valence-corrected chi connectivity index (χ4v) is 5.09. The Morgan fingerprint density at radius 1 is 1.05 bits per heavy atom. The lowest BCUT2D eigenvalue weighted by Gasteiger charge is -2.41. The van der Waals surface area contributed by atoms with Gasteiger partial charge >= 0.3 is 0 Å². The molecule has 220 valence electrons. The third kappa shape index (κ3) is 13.1. The molecule has 1 rings (SSSR count). The van der Waals surface area contributed by atoms with E-state index < -0.39 is 8.32 Å². The zero-order chi connectivity index (χ0) is 29.5. The van der Waals surface area contributed by atoms with Gasteiger partial charge in [-0.1, -0.05) is 78.7 Å². The van der Waals surface area contributed by atoms with Gasteiger partial charge in [0, 0.05) is 27.1 Å². The Labute approximate surface area is 246 Å². The SMILES string of the molecule is COc1ccc(CO[C@H](C[C@H](CC=O)OC)[C@@H](/C=C(C)/C=C/[C@@H](C/C=C/Br)OC)O[Si](C)(C)C(C)(C)C)cc1. The van der Waals surface area contributed by atoms with Gasteiger partial charge in [-0.05, 0) is 54.2 Å². The van der Waals surface area contributed by atoms with Crippen molar-refractivity contribution in [2.75, 3.05) is 21.3 Å². The van der Waals surface area contributed by atoms with Crippen LogP contribution in [-0.2, 0) is 30.0 Å². The molecular weight excluding hydrogens is 576 g/mol. The second-order valence-electron chi connectivity index (χ2n) is 11.2. The summed E-state index contributed by atoms with van der Waals surface area (Å²) in [5.41, 5.74) is 2.07. The fraction of sp³-hybridized carbons (Fsp3) is 0.581. The van der Waals surface area contributed by atoms with E-state index in [-0.39, 0.29) is 29.5 Å². The molecule has 0 amide bonds. The Bertz CT molecular complexity index is 920. The second-order valence-corrected chi connectivity index (χ2v) is 16.5. The van der Waals surface area contributed by atoms with Gasteiger partial charge in [0.2, 0.25) is 0 Å². The summed E-state index contributed by atoms with van der Waals surface area (Å²) >= 11 is 3.32. The Morgan fingerprint density at radius 3 is 2.23 bits per heavy atom. The van der Waals surface area contributed by atoms with Gasteiger partial charge < -0.3 is 28.2 Å². The summed E-state index contributed by atoms with van der Waals surface area (Å²) in [6.07, 6.45) is 9.79. The van der Waals surface area contributed by atoms with E-state index in [1.54, 1.807) is 21.3 Å². The lowest BCUT2D eigenvalue weighted by molar-refractivity contribution is -0.111. The number of ether oxygens (including phenoxy) is 4. The van der Waals surface area contributed by atoms with Gasteiger partial charge in [-0.25, -0.2) is 0 Å². The number of hydrogen-bond acceptors (Lipinski definition) is 6. The van der Waals surface area contributed by atoms with Crippen LogP contribution in [0.4, 0.5) is 0 Å². The number of aldehydes is 1. The molecule has 4 atom stereocenters. The largest absolute Gasteiger partial charge is 0.497 e. The van der Waals surface area contributed by atoms with Crippen LogP contribution in [0.2, 0.25) is 18.1 Å². The molecule has 0 aliphatic rings. The highest BCUT2D eigenvalue weighted by atomic mass is 79.9. The number of carbonyl (C=O) groups is 1. The number of allylic oxidation sites excluding steroid dienone is 2. The first-order chi connectivity index (χ1) is 18.4. The number of carbonyl (C=O) groups excluding carboxylic acids is 1. The van der Waals surface area contributed by atoms with Gasteiger partial charge in [-0.15, -0.1) is 0 Å². The summed E-state index contributed by atoms with van der Waals surface area (Å²) in [7, 11) is 2.81. The molecule has 0 saturated heterocycles. The smallest absolute Gasteiger partial charge is 0.193 e. The molecule has 0 heterocycles. The quantitative estimate of drug-likeness (QED) is 0.0944. The van der Waals surface area contributed by atoms with Gasteiger partial charge in [0.1, 0.15) is 12.0 Å². The van der Waals surface area contributed by atoms with Gasteiger partial charge in [0.15, 0.2) is 8.32 Å². The predicted octanol–water partition coefficient (Wildman–Crippen LogP) is 7.78. The molecule has 0 saturated carbocycles. The molecule has 0 aliphatic heterocycles. The van der Waals surface area contributed by atoms with E-state index in [1.165, 1.54) is 0 Å². The van der Waals surface area contributed by atoms with Gasteiger partial charge in [0.05, 0.1) is 38.1 Å². The zero-order valence-corrected chi connectivity index (χ0v) is 27.8. The normalized spacial score (nSPS) is 16.4. The van der Waals surface area contributed by atoms with E-state index in [9.17, 15) is 4.79 Å². The summed E-state index contributed by atoms with van der Waals surface area (Å²) in [4.78, 5) is 13.2. The Balaban J connectivity index is 3.40. The lowest BCUT2D eigenvalue weighted by Crippen LogP contribution is -2.47. The van der Waals surface area contributed by atoms with E-state index in [2.05, 4.69) is 74.9 Å². The monoisotopic (exact) mass is 624 g/mol. The summed E-state index contributed by atoms with van der Waals surface area (Å²) in [5, 5.41) is 0.00990. The van der Waals surface area contributed by atoms with Crippen LogP contribution in [0.25, 0.3) is 0 Å². The maximum absolute atomic E-state index is 11.4. The van der Waals surface area contributed by atoms with E-state index in [1.807, 2.05) is 35.3 Å². The van der Waals surface area contributed by atoms with Crippen LogP contribution in [0.15, 0.2) is 59.1 Å².